The zero-order valence-electron chi connectivity index (χ0n) is 11.3. The van der Waals surface area contributed by atoms with E-state index >= 15 is 0 Å². The minimum absolute atomic E-state index is 0.528. The molecule has 0 N–H and O–H groups in total. The van der Waals surface area contributed by atoms with Crippen LogP contribution in [-0.4, -0.2) is 16.4 Å². The summed E-state index contributed by atoms with van der Waals surface area (Å²) in [4.78, 5) is 3.63. The number of unbranched alkanes of at least 4 members (excludes halogenated alkanes) is 3. The van der Waals surface area contributed by atoms with Gasteiger partial charge < -0.3 is 4.90 Å². The van der Waals surface area contributed by atoms with E-state index in [2.05, 4.69) is 42.2 Å². The van der Waals surface area contributed by atoms with E-state index in [0.717, 1.165) is 13.0 Å². The van der Waals surface area contributed by atoms with Crippen LogP contribution in [0.5, 0.6) is 0 Å². The van der Waals surface area contributed by atoms with Gasteiger partial charge in [-0.25, -0.2) is 0 Å². The summed E-state index contributed by atoms with van der Waals surface area (Å²) < 4.78 is 0. The molecule has 1 fully saturated rings. The van der Waals surface area contributed by atoms with Gasteiger partial charge in [-0.05, 0) is 18.4 Å². The first-order valence-corrected chi connectivity index (χ1v) is 7.58. The number of nitrogens with zero attached hydrogens (tertiary/aromatic N) is 1. The van der Waals surface area contributed by atoms with Gasteiger partial charge in [0.25, 0.3) is 0 Å². The molecule has 0 amide bonds. The second kappa shape index (κ2) is 6.89. The van der Waals surface area contributed by atoms with Crippen molar-refractivity contribution in [3.8, 4) is 0 Å². The molecule has 0 bridgehead atoms. The number of hydrogen-bond acceptors (Lipinski definition) is 1. The third kappa shape index (κ3) is 3.32. The molecule has 0 aliphatic carbocycles. The van der Waals surface area contributed by atoms with Crippen molar-refractivity contribution < 1.29 is 0 Å². The van der Waals surface area contributed by atoms with E-state index in [-0.39, 0.29) is 0 Å². The van der Waals surface area contributed by atoms with E-state index in [0.29, 0.717) is 6.04 Å². The van der Waals surface area contributed by atoms with Crippen LogP contribution in [0, 0.1) is 0 Å². The molecule has 1 unspecified atom stereocenters. The van der Waals surface area contributed by atoms with Crippen LogP contribution < -0.4 is 0 Å². The Balaban J connectivity index is 1.95. The SMILES string of the molecule is CCCCCCN1C(=S)CCC1c1ccccc1. The van der Waals surface area contributed by atoms with Gasteiger partial charge in [-0.3, -0.25) is 0 Å². The third-order valence-electron chi connectivity index (χ3n) is 3.77. The van der Waals surface area contributed by atoms with Crippen molar-refractivity contribution in [2.75, 3.05) is 6.54 Å². The van der Waals surface area contributed by atoms with Crippen LogP contribution in [0.15, 0.2) is 30.3 Å². The van der Waals surface area contributed by atoms with E-state index in [1.807, 2.05) is 0 Å². The van der Waals surface area contributed by atoms with Gasteiger partial charge in [0.1, 0.15) is 0 Å². The summed E-state index contributed by atoms with van der Waals surface area (Å²) in [5.41, 5.74) is 1.42. The molecule has 1 aromatic rings. The molecule has 1 aliphatic heterocycles. The lowest BCUT2D eigenvalue weighted by Gasteiger charge is -2.27. The van der Waals surface area contributed by atoms with Gasteiger partial charge in [-0.1, -0.05) is 68.7 Å². The Hall–Kier alpha value is -0.890. The fourth-order valence-electron chi connectivity index (χ4n) is 2.74. The smallest absolute Gasteiger partial charge is 0.0785 e. The average Bonchev–Trinajstić information content (AvgIpc) is 2.77. The van der Waals surface area contributed by atoms with Crippen molar-refractivity contribution in [1.29, 1.82) is 0 Å². The molecule has 1 aromatic carbocycles. The predicted molar refractivity (Wildman–Crippen MR) is 81.9 cm³/mol. The summed E-state index contributed by atoms with van der Waals surface area (Å²) in [6, 6.07) is 11.3. The summed E-state index contributed by atoms with van der Waals surface area (Å²) in [7, 11) is 0. The molecule has 0 saturated carbocycles. The first-order valence-electron chi connectivity index (χ1n) is 7.17. The molecule has 18 heavy (non-hydrogen) atoms. The highest BCUT2D eigenvalue weighted by molar-refractivity contribution is 7.80. The standard InChI is InChI=1S/C16H23NS/c1-2-3-4-8-13-17-15(11-12-16(17)18)14-9-6-5-7-10-14/h5-7,9-10,15H,2-4,8,11-13H2,1H3. The number of benzene rings is 1. The zero-order valence-corrected chi connectivity index (χ0v) is 12.1. The lowest BCUT2D eigenvalue weighted by atomic mass is 10.0. The van der Waals surface area contributed by atoms with E-state index in [1.165, 1.54) is 42.7 Å². The molecule has 0 aromatic heterocycles. The van der Waals surface area contributed by atoms with E-state index in [1.54, 1.807) is 0 Å². The lowest BCUT2D eigenvalue weighted by Crippen LogP contribution is -2.27. The van der Waals surface area contributed by atoms with E-state index < -0.39 is 0 Å². The van der Waals surface area contributed by atoms with Crippen molar-refractivity contribution in [3.63, 3.8) is 0 Å². The third-order valence-corrected chi connectivity index (χ3v) is 4.20. The molecule has 98 valence electrons. The number of thiocarbonyl (C=S) groups is 1. The van der Waals surface area contributed by atoms with E-state index in [4.69, 9.17) is 12.2 Å². The largest absolute Gasteiger partial charge is 0.359 e. The molecule has 0 radical (unpaired) electrons. The van der Waals surface area contributed by atoms with Crippen LogP contribution in [0.2, 0.25) is 0 Å². The first-order chi connectivity index (χ1) is 8.83. The molecular formula is C16H23NS. The Morgan fingerprint density at radius 2 is 1.94 bits per heavy atom. The number of likely N-dealkylation sites (tertiary alicyclic amines) is 1. The van der Waals surface area contributed by atoms with Gasteiger partial charge in [0.05, 0.1) is 11.0 Å². The number of hydrogen-bond donors (Lipinski definition) is 0. The van der Waals surface area contributed by atoms with Gasteiger partial charge in [-0.15, -0.1) is 0 Å². The molecule has 0 spiro atoms. The quantitative estimate of drug-likeness (QED) is 0.538. The van der Waals surface area contributed by atoms with Crippen LogP contribution in [0.4, 0.5) is 0 Å². The van der Waals surface area contributed by atoms with Crippen LogP contribution >= 0.6 is 12.2 Å². The summed E-state index contributed by atoms with van der Waals surface area (Å²) in [5.74, 6) is 0. The lowest BCUT2D eigenvalue weighted by molar-refractivity contribution is 0.337. The van der Waals surface area contributed by atoms with Gasteiger partial charge >= 0.3 is 0 Å². The van der Waals surface area contributed by atoms with Gasteiger partial charge in [0.2, 0.25) is 0 Å². The summed E-state index contributed by atoms with van der Waals surface area (Å²) in [6.45, 7) is 3.39. The monoisotopic (exact) mass is 261 g/mol. The van der Waals surface area contributed by atoms with Crippen molar-refractivity contribution in [2.24, 2.45) is 0 Å². The van der Waals surface area contributed by atoms with Gasteiger partial charge in [-0.2, -0.15) is 0 Å². The molecule has 1 aliphatic rings. The molecule has 1 atom stereocenters. The number of rotatable bonds is 6. The molecule has 1 nitrogen and oxygen atoms in total. The summed E-state index contributed by atoms with van der Waals surface area (Å²) in [5, 5.41) is 0. The first kappa shape index (κ1) is 13.5. The van der Waals surface area contributed by atoms with Crippen molar-refractivity contribution in [2.45, 2.75) is 51.5 Å². The maximum absolute atomic E-state index is 5.52. The molecule has 1 heterocycles. The van der Waals surface area contributed by atoms with Crippen LogP contribution in [-0.2, 0) is 0 Å². The van der Waals surface area contributed by atoms with Crippen LogP contribution in [0.25, 0.3) is 0 Å². The Morgan fingerprint density at radius 3 is 2.67 bits per heavy atom. The fraction of sp³-hybridized carbons (Fsp3) is 0.562. The summed E-state index contributed by atoms with van der Waals surface area (Å²) in [6.07, 6.45) is 7.52. The highest BCUT2D eigenvalue weighted by Gasteiger charge is 2.28. The fourth-order valence-corrected chi connectivity index (χ4v) is 3.08. The molecular weight excluding hydrogens is 238 g/mol. The van der Waals surface area contributed by atoms with Crippen molar-refractivity contribution in [1.82, 2.24) is 4.90 Å². The van der Waals surface area contributed by atoms with Crippen LogP contribution in [0.1, 0.15) is 57.1 Å². The molecule has 2 heteroatoms. The maximum Gasteiger partial charge on any atom is 0.0785 e. The zero-order chi connectivity index (χ0) is 12.8. The highest BCUT2D eigenvalue weighted by atomic mass is 32.1. The highest BCUT2D eigenvalue weighted by Crippen LogP contribution is 2.33. The normalized spacial score (nSPS) is 19.5. The maximum atomic E-state index is 5.52. The Morgan fingerprint density at radius 1 is 1.17 bits per heavy atom. The summed E-state index contributed by atoms with van der Waals surface area (Å²) >= 11 is 5.52. The van der Waals surface area contributed by atoms with E-state index in [9.17, 15) is 0 Å². The van der Waals surface area contributed by atoms with Gasteiger partial charge in [0.15, 0.2) is 0 Å². The average molecular weight is 261 g/mol. The molecule has 2 rings (SSSR count). The minimum Gasteiger partial charge on any atom is -0.359 e. The van der Waals surface area contributed by atoms with Gasteiger partial charge in [0, 0.05) is 13.0 Å². The Kier molecular flexibility index (Phi) is 5.18. The molecule has 1 saturated heterocycles. The second-order valence-corrected chi connectivity index (χ2v) is 5.58. The minimum atomic E-state index is 0.528. The Labute approximate surface area is 116 Å². The van der Waals surface area contributed by atoms with Crippen molar-refractivity contribution >= 4 is 17.2 Å². The second-order valence-electron chi connectivity index (χ2n) is 5.11. The predicted octanol–water partition coefficient (Wildman–Crippen LogP) is 4.73. The topological polar surface area (TPSA) is 3.24 Å². The van der Waals surface area contributed by atoms with Crippen LogP contribution in [0.3, 0.4) is 0 Å². The Bertz CT molecular complexity index is 374. The van der Waals surface area contributed by atoms with Crippen molar-refractivity contribution in [3.05, 3.63) is 35.9 Å².